The van der Waals surface area contributed by atoms with Gasteiger partial charge in [-0.25, -0.2) is 0 Å². The molecule has 1 fully saturated rings. The van der Waals surface area contributed by atoms with Gasteiger partial charge in [-0.2, -0.15) is 0 Å². The molecule has 1 amide bonds. The summed E-state index contributed by atoms with van der Waals surface area (Å²) < 4.78 is 0. The molecule has 0 saturated heterocycles. The maximum atomic E-state index is 11.6. The molecule has 104 valence electrons. The standard InChI is InChI=1S/C13H23NO4/c1-9(6-13(17)18)5-12(16)14-7-10-3-2-4-11(10)8-15/h9-11,15H,2-8H2,1H3,(H,14,16)(H,17,18). The van der Waals surface area contributed by atoms with E-state index in [1.165, 1.54) is 0 Å². The number of aliphatic carboxylic acids is 1. The molecule has 1 rings (SSSR count). The highest BCUT2D eigenvalue weighted by molar-refractivity contribution is 5.77. The van der Waals surface area contributed by atoms with Gasteiger partial charge in [-0.05, 0) is 30.6 Å². The molecule has 5 nitrogen and oxygen atoms in total. The molecule has 0 radical (unpaired) electrons. The number of carbonyl (C=O) groups excluding carboxylic acids is 1. The topological polar surface area (TPSA) is 86.6 Å². The number of carboxylic acid groups (broad SMARTS) is 1. The normalized spacial score (nSPS) is 24.8. The minimum atomic E-state index is -0.869. The summed E-state index contributed by atoms with van der Waals surface area (Å²) in [6.07, 6.45) is 3.47. The molecule has 18 heavy (non-hydrogen) atoms. The van der Waals surface area contributed by atoms with Gasteiger partial charge in [-0.15, -0.1) is 0 Å². The molecule has 3 N–H and O–H groups in total. The van der Waals surface area contributed by atoms with Crippen LogP contribution in [0.15, 0.2) is 0 Å². The van der Waals surface area contributed by atoms with Crippen molar-refractivity contribution in [3.05, 3.63) is 0 Å². The Bertz CT molecular complexity index is 293. The van der Waals surface area contributed by atoms with E-state index in [4.69, 9.17) is 10.2 Å². The predicted octanol–water partition coefficient (Wildman–Crippen LogP) is 1.01. The molecule has 3 unspecified atom stereocenters. The van der Waals surface area contributed by atoms with Crippen molar-refractivity contribution in [2.75, 3.05) is 13.2 Å². The quantitative estimate of drug-likeness (QED) is 0.635. The Hall–Kier alpha value is -1.10. The van der Waals surface area contributed by atoms with Crippen LogP contribution in [0.1, 0.15) is 39.0 Å². The molecular weight excluding hydrogens is 234 g/mol. The fourth-order valence-electron chi connectivity index (χ4n) is 2.63. The third kappa shape index (κ3) is 5.04. The second-order valence-corrected chi connectivity index (χ2v) is 5.34. The first-order chi connectivity index (χ1) is 8.52. The summed E-state index contributed by atoms with van der Waals surface area (Å²) in [4.78, 5) is 22.1. The highest BCUT2D eigenvalue weighted by Crippen LogP contribution is 2.30. The molecule has 0 aromatic heterocycles. The summed E-state index contributed by atoms with van der Waals surface area (Å²) in [5.41, 5.74) is 0. The number of aliphatic hydroxyl groups excluding tert-OH is 1. The van der Waals surface area contributed by atoms with Crippen molar-refractivity contribution in [3.8, 4) is 0 Å². The van der Waals surface area contributed by atoms with Crippen LogP contribution in [0.2, 0.25) is 0 Å². The Morgan fingerprint density at radius 1 is 1.28 bits per heavy atom. The van der Waals surface area contributed by atoms with Gasteiger partial charge in [0.15, 0.2) is 0 Å². The van der Waals surface area contributed by atoms with E-state index in [9.17, 15) is 9.59 Å². The summed E-state index contributed by atoms with van der Waals surface area (Å²) in [7, 11) is 0. The average molecular weight is 257 g/mol. The highest BCUT2D eigenvalue weighted by atomic mass is 16.4. The van der Waals surface area contributed by atoms with E-state index in [0.29, 0.717) is 18.4 Å². The molecule has 0 aromatic rings. The van der Waals surface area contributed by atoms with Gasteiger partial charge in [0.2, 0.25) is 5.91 Å². The van der Waals surface area contributed by atoms with E-state index in [0.717, 1.165) is 19.3 Å². The molecule has 0 bridgehead atoms. The first kappa shape index (κ1) is 15.0. The summed E-state index contributed by atoms with van der Waals surface area (Å²) in [6.45, 7) is 2.56. The number of aliphatic hydroxyl groups is 1. The van der Waals surface area contributed by atoms with Crippen LogP contribution >= 0.6 is 0 Å². The van der Waals surface area contributed by atoms with E-state index in [-0.39, 0.29) is 31.3 Å². The first-order valence-electron chi connectivity index (χ1n) is 6.62. The lowest BCUT2D eigenvalue weighted by atomic mass is 9.96. The predicted molar refractivity (Wildman–Crippen MR) is 67.0 cm³/mol. The molecule has 0 spiro atoms. The molecule has 0 aliphatic heterocycles. The third-order valence-corrected chi connectivity index (χ3v) is 3.67. The summed E-state index contributed by atoms with van der Waals surface area (Å²) >= 11 is 0. The fourth-order valence-corrected chi connectivity index (χ4v) is 2.63. The van der Waals surface area contributed by atoms with Crippen molar-refractivity contribution < 1.29 is 19.8 Å². The Balaban J connectivity index is 2.22. The summed E-state index contributed by atoms with van der Waals surface area (Å²) in [5, 5.41) is 20.6. The number of hydrogen-bond acceptors (Lipinski definition) is 3. The second kappa shape index (κ2) is 7.36. The number of carboxylic acids is 1. The Kier molecular flexibility index (Phi) is 6.12. The van der Waals surface area contributed by atoms with E-state index >= 15 is 0 Å². The van der Waals surface area contributed by atoms with Crippen molar-refractivity contribution in [1.29, 1.82) is 0 Å². The van der Waals surface area contributed by atoms with Crippen LogP contribution in [0.25, 0.3) is 0 Å². The zero-order valence-electron chi connectivity index (χ0n) is 10.9. The van der Waals surface area contributed by atoms with E-state index in [1.54, 1.807) is 6.92 Å². The molecule has 5 heteroatoms. The summed E-state index contributed by atoms with van der Waals surface area (Å²) in [5.74, 6) is -0.422. The lowest BCUT2D eigenvalue weighted by molar-refractivity contribution is -0.138. The van der Waals surface area contributed by atoms with Crippen LogP contribution < -0.4 is 5.32 Å². The molecule has 1 aliphatic carbocycles. The molecule has 3 atom stereocenters. The molecule has 1 aliphatic rings. The fraction of sp³-hybridized carbons (Fsp3) is 0.846. The monoisotopic (exact) mass is 257 g/mol. The van der Waals surface area contributed by atoms with Crippen LogP contribution in [0.5, 0.6) is 0 Å². The lowest BCUT2D eigenvalue weighted by Gasteiger charge is -2.18. The molecule has 1 saturated carbocycles. The average Bonchev–Trinajstić information content (AvgIpc) is 2.72. The van der Waals surface area contributed by atoms with Crippen LogP contribution in [0, 0.1) is 17.8 Å². The Morgan fingerprint density at radius 3 is 2.56 bits per heavy atom. The number of rotatable bonds is 7. The van der Waals surface area contributed by atoms with Gasteiger partial charge >= 0.3 is 5.97 Å². The van der Waals surface area contributed by atoms with Gasteiger partial charge < -0.3 is 15.5 Å². The lowest BCUT2D eigenvalue weighted by Crippen LogP contribution is -2.32. The Labute approximate surface area is 108 Å². The van der Waals surface area contributed by atoms with Crippen molar-refractivity contribution in [1.82, 2.24) is 5.32 Å². The number of carbonyl (C=O) groups is 2. The van der Waals surface area contributed by atoms with Gasteiger partial charge in [0.05, 0.1) is 0 Å². The molecular formula is C13H23NO4. The van der Waals surface area contributed by atoms with Gasteiger partial charge in [0, 0.05) is 26.0 Å². The molecule has 0 heterocycles. The largest absolute Gasteiger partial charge is 0.481 e. The maximum absolute atomic E-state index is 11.6. The zero-order valence-corrected chi connectivity index (χ0v) is 10.9. The van der Waals surface area contributed by atoms with Crippen molar-refractivity contribution >= 4 is 11.9 Å². The van der Waals surface area contributed by atoms with Gasteiger partial charge in [-0.3, -0.25) is 9.59 Å². The third-order valence-electron chi connectivity index (χ3n) is 3.67. The maximum Gasteiger partial charge on any atom is 0.303 e. The van der Waals surface area contributed by atoms with Crippen molar-refractivity contribution in [2.24, 2.45) is 17.8 Å². The zero-order chi connectivity index (χ0) is 13.5. The van der Waals surface area contributed by atoms with Crippen molar-refractivity contribution in [3.63, 3.8) is 0 Å². The van der Waals surface area contributed by atoms with Gasteiger partial charge in [-0.1, -0.05) is 13.3 Å². The van der Waals surface area contributed by atoms with Crippen molar-refractivity contribution in [2.45, 2.75) is 39.0 Å². The number of hydrogen-bond donors (Lipinski definition) is 3. The SMILES string of the molecule is CC(CC(=O)O)CC(=O)NCC1CCCC1CO. The van der Waals surface area contributed by atoms with Crippen LogP contribution in [-0.2, 0) is 9.59 Å². The minimum absolute atomic E-state index is 0.0239. The van der Waals surface area contributed by atoms with Crippen LogP contribution in [-0.4, -0.2) is 35.2 Å². The minimum Gasteiger partial charge on any atom is -0.481 e. The Morgan fingerprint density at radius 2 is 1.94 bits per heavy atom. The van der Waals surface area contributed by atoms with Crippen LogP contribution in [0.3, 0.4) is 0 Å². The van der Waals surface area contributed by atoms with Gasteiger partial charge in [0.25, 0.3) is 0 Å². The molecule has 0 aromatic carbocycles. The number of nitrogens with one attached hydrogen (secondary N) is 1. The summed E-state index contributed by atoms with van der Waals surface area (Å²) in [6, 6.07) is 0. The van der Waals surface area contributed by atoms with Crippen LogP contribution in [0.4, 0.5) is 0 Å². The van der Waals surface area contributed by atoms with E-state index in [1.807, 2.05) is 0 Å². The number of amides is 1. The van der Waals surface area contributed by atoms with E-state index < -0.39 is 5.97 Å². The second-order valence-electron chi connectivity index (χ2n) is 5.34. The van der Waals surface area contributed by atoms with E-state index in [2.05, 4.69) is 5.32 Å². The first-order valence-corrected chi connectivity index (χ1v) is 6.62. The smallest absolute Gasteiger partial charge is 0.303 e. The van der Waals surface area contributed by atoms with Gasteiger partial charge in [0.1, 0.15) is 0 Å². The highest BCUT2D eigenvalue weighted by Gasteiger charge is 2.26.